The van der Waals surface area contributed by atoms with Crippen LogP contribution in [-0.2, 0) is 11.2 Å². The van der Waals surface area contributed by atoms with Crippen LogP contribution >= 0.6 is 0 Å². The Morgan fingerprint density at radius 1 is 1.00 bits per heavy atom. The van der Waals surface area contributed by atoms with E-state index in [1.807, 2.05) is 42.5 Å². The maximum Gasteiger partial charge on any atom is 0.257 e. The molecule has 2 N–H and O–H groups in total. The Labute approximate surface area is 197 Å². The fourth-order valence-corrected chi connectivity index (χ4v) is 4.15. The van der Waals surface area contributed by atoms with Crippen molar-refractivity contribution in [2.75, 3.05) is 19.6 Å². The van der Waals surface area contributed by atoms with E-state index in [1.165, 1.54) is 12.0 Å². The van der Waals surface area contributed by atoms with E-state index in [0.717, 1.165) is 57.2 Å². The number of carbonyl (C=O) groups excluding carboxylic acids is 2. The van der Waals surface area contributed by atoms with Gasteiger partial charge in [-0.15, -0.1) is 0 Å². The van der Waals surface area contributed by atoms with Gasteiger partial charge >= 0.3 is 0 Å². The molecule has 1 aliphatic rings. The molecule has 1 aliphatic heterocycles. The third-order valence-corrected chi connectivity index (χ3v) is 6.14. The third-order valence-electron chi connectivity index (χ3n) is 6.14. The second kappa shape index (κ2) is 13.5. The van der Waals surface area contributed by atoms with Crippen LogP contribution in [0.5, 0.6) is 0 Å². The van der Waals surface area contributed by atoms with Crippen LogP contribution in [0.1, 0.15) is 66.9 Å². The number of amides is 2. The number of hydrazone groups is 1. The number of aryl methyl sites for hydroxylation is 1. The first-order valence-corrected chi connectivity index (χ1v) is 12.2. The van der Waals surface area contributed by atoms with E-state index in [-0.39, 0.29) is 17.9 Å². The molecular formula is C27H36N4O2. The van der Waals surface area contributed by atoms with E-state index in [0.29, 0.717) is 12.1 Å². The van der Waals surface area contributed by atoms with Gasteiger partial charge in [-0.05, 0) is 74.9 Å². The van der Waals surface area contributed by atoms with Crippen molar-refractivity contribution in [2.45, 2.75) is 57.9 Å². The van der Waals surface area contributed by atoms with Gasteiger partial charge in [-0.1, -0.05) is 55.8 Å². The number of hydrogen-bond donors (Lipinski definition) is 2. The molecule has 3 rings (SSSR count). The zero-order valence-corrected chi connectivity index (χ0v) is 19.6. The molecule has 1 saturated heterocycles. The number of unbranched alkanes of at least 4 members (excludes halogenated alkanes) is 1. The smallest absolute Gasteiger partial charge is 0.257 e. The van der Waals surface area contributed by atoms with E-state index in [4.69, 9.17) is 0 Å². The fraction of sp³-hybridized carbons (Fsp3) is 0.444. The Hall–Kier alpha value is -2.99. The molecular weight excluding hydrogens is 412 g/mol. The van der Waals surface area contributed by atoms with E-state index in [1.54, 1.807) is 6.21 Å². The monoisotopic (exact) mass is 448 g/mol. The van der Waals surface area contributed by atoms with Crippen molar-refractivity contribution in [3.8, 4) is 0 Å². The Kier molecular flexibility index (Phi) is 10.1. The Morgan fingerprint density at radius 2 is 1.73 bits per heavy atom. The highest BCUT2D eigenvalue weighted by atomic mass is 16.2. The molecule has 0 bridgehead atoms. The molecule has 2 amide bonds. The molecule has 0 spiro atoms. The van der Waals surface area contributed by atoms with Crippen molar-refractivity contribution in [1.29, 1.82) is 0 Å². The van der Waals surface area contributed by atoms with E-state index in [2.05, 4.69) is 39.8 Å². The molecule has 1 unspecified atom stereocenters. The van der Waals surface area contributed by atoms with Gasteiger partial charge in [0.1, 0.15) is 0 Å². The summed E-state index contributed by atoms with van der Waals surface area (Å²) in [6.07, 6.45) is 8.64. The highest BCUT2D eigenvalue weighted by Gasteiger charge is 2.26. The van der Waals surface area contributed by atoms with Crippen LogP contribution in [-0.4, -0.2) is 48.6 Å². The summed E-state index contributed by atoms with van der Waals surface area (Å²) in [5.41, 5.74) is 5.68. The lowest BCUT2D eigenvalue weighted by atomic mass is 10.0. The third kappa shape index (κ3) is 8.13. The van der Waals surface area contributed by atoms with E-state index < -0.39 is 0 Å². The van der Waals surface area contributed by atoms with E-state index in [9.17, 15) is 9.59 Å². The average Bonchev–Trinajstić information content (AvgIpc) is 2.87. The summed E-state index contributed by atoms with van der Waals surface area (Å²) in [5.74, 6) is -0.103. The lowest BCUT2D eigenvalue weighted by Crippen LogP contribution is -2.47. The normalized spacial score (nSPS) is 15.3. The number of nitrogens with zero attached hydrogens (tertiary/aromatic N) is 2. The summed E-state index contributed by atoms with van der Waals surface area (Å²) >= 11 is 0. The SMILES string of the molecule is CCc1ccc(C=NNC(=O)C(CCCCNC(=O)c2ccccc2)N2CCCCC2)cc1. The average molecular weight is 449 g/mol. The summed E-state index contributed by atoms with van der Waals surface area (Å²) in [5, 5.41) is 7.17. The number of piperidine rings is 1. The molecule has 2 aromatic rings. The van der Waals surface area contributed by atoms with Gasteiger partial charge < -0.3 is 5.32 Å². The topological polar surface area (TPSA) is 73.8 Å². The first kappa shape index (κ1) is 24.6. The molecule has 6 heteroatoms. The van der Waals surface area contributed by atoms with Crippen LogP contribution in [0.15, 0.2) is 59.7 Å². The number of benzene rings is 2. The van der Waals surface area contributed by atoms with Gasteiger partial charge in [-0.3, -0.25) is 14.5 Å². The number of carbonyl (C=O) groups is 2. The van der Waals surface area contributed by atoms with Crippen LogP contribution in [0.4, 0.5) is 0 Å². The zero-order valence-electron chi connectivity index (χ0n) is 19.6. The van der Waals surface area contributed by atoms with Crippen LogP contribution < -0.4 is 10.7 Å². The largest absolute Gasteiger partial charge is 0.352 e. The van der Waals surface area contributed by atoms with Crippen molar-refractivity contribution in [1.82, 2.24) is 15.6 Å². The van der Waals surface area contributed by atoms with Crippen molar-refractivity contribution < 1.29 is 9.59 Å². The number of hydrogen-bond acceptors (Lipinski definition) is 4. The highest BCUT2D eigenvalue weighted by molar-refractivity contribution is 5.94. The van der Waals surface area contributed by atoms with Gasteiger partial charge in [0.15, 0.2) is 0 Å². The van der Waals surface area contributed by atoms with Gasteiger partial charge in [0.25, 0.3) is 11.8 Å². The zero-order chi connectivity index (χ0) is 23.3. The summed E-state index contributed by atoms with van der Waals surface area (Å²) < 4.78 is 0. The van der Waals surface area contributed by atoms with Gasteiger partial charge in [0.2, 0.25) is 0 Å². The molecule has 6 nitrogen and oxygen atoms in total. The minimum atomic E-state index is -0.185. The first-order valence-electron chi connectivity index (χ1n) is 12.2. The predicted molar refractivity (Wildman–Crippen MR) is 133 cm³/mol. The Balaban J connectivity index is 1.47. The van der Waals surface area contributed by atoms with Crippen molar-refractivity contribution in [2.24, 2.45) is 5.10 Å². The second-order valence-corrected chi connectivity index (χ2v) is 8.56. The number of likely N-dealkylation sites (tertiary alicyclic amines) is 1. The summed E-state index contributed by atoms with van der Waals surface area (Å²) in [6.45, 7) is 4.63. The number of nitrogens with one attached hydrogen (secondary N) is 2. The molecule has 1 atom stereocenters. The van der Waals surface area contributed by atoms with Gasteiger partial charge in [-0.25, -0.2) is 5.43 Å². The summed E-state index contributed by atoms with van der Waals surface area (Å²) in [6, 6.07) is 17.2. The molecule has 2 aromatic carbocycles. The van der Waals surface area contributed by atoms with Gasteiger partial charge in [-0.2, -0.15) is 5.10 Å². The lowest BCUT2D eigenvalue weighted by Gasteiger charge is -2.33. The van der Waals surface area contributed by atoms with Crippen molar-refractivity contribution in [3.05, 3.63) is 71.3 Å². The summed E-state index contributed by atoms with van der Waals surface area (Å²) in [4.78, 5) is 27.4. The molecule has 1 heterocycles. The molecule has 0 aromatic heterocycles. The quantitative estimate of drug-likeness (QED) is 0.308. The molecule has 33 heavy (non-hydrogen) atoms. The summed E-state index contributed by atoms with van der Waals surface area (Å²) in [7, 11) is 0. The van der Waals surface area contributed by atoms with Crippen molar-refractivity contribution in [3.63, 3.8) is 0 Å². The van der Waals surface area contributed by atoms with E-state index >= 15 is 0 Å². The highest BCUT2D eigenvalue weighted by Crippen LogP contribution is 2.16. The molecule has 1 fully saturated rings. The Bertz CT molecular complexity index is 890. The van der Waals surface area contributed by atoms with Crippen LogP contribution in [0.2, 0.25) is 0 Å². The van der Waals surface area contributed by atoms with Crippen molar-refractivity contribution >= 4 is 18.0 Å². The van der Waals surface area contributed by atoms with Gasteiger partial charge in [0, 0.05) is 12.1 Å². The second-order valence-electron chi connectivity index (χ2n) is 8.56. The molecule has 176 valence electrons. The minimum absolute atomic E-state index is 0.0494. The first-order chi connectivity index (χ1) is 16.2. The predicted octanol–water partition coefficient (Wildman–Crippen LogP) is 4.15. The molecule has 0 aliphatic carbocycles. The maximum absolute atomic E-state index is 13.0. The number of rotatable bonds is 11. The lowest BCUT2D eigenvalue weighted by molar-refractivity contribution is -0.127. The standard InChI is InChI=1S/C27H36N4O2/c1-2-22-14-16-23(17-15-22)21-29-30-27(33)25(31-19-9-4-10-20-31)13-7-8-18-28-26(32)24-11-5-3-6-12-24/h3,5-6,11-12,14-17,21,25H,2,4,7-10,13,18-20H2,1H3,(H,28,32)(H,30,33). The van der Waals surface area contributed by atoms with Crippen LogP contribution in [0.3, 0.4) is 0 Å². The van der Waals surface area contributed by atoms with Crippen LogP contribution in [0.25, 0.3) is 0 Å². The molecule has 0 radical (unpaired) electrons. The maximum atomic E-state index is 13.0. The molecule has 0 saturated carbocycles. The fourth-order valence-electron chi connectivity index (χ4n) is 4.15. The van der Waals surface area contributed by atoms with Crippen LogP contribution in [0, 0.1) is 0 Å². The van der Waals surface area contributed by atoms with Gasteiger partial charge in [0.05, 0.1) is 12.3 Å². The minimum Gasteiger partial charge on any atom is -0.352 e. The Morgan fingerprint density at radius 3 is 2.42 bits per heavy atom.